The van der Waals surface area contributed by atoms with E-state index in [2.05, 4.69) is 68.0 Å². The first-order valence-electron chi connectivity index (χ1n) is 8.70. The summed E-state index contributed by atoms with van der Waals surface area (Å²) >= 11 is 5.11. The Bertz CT molecular complexity index is 1100. The van der Waals surface area contributed by atoms with Crippen molar-refractivity contribution in [3.63, 3.8) is 0 Å². The second kappa shape index (κ2) is 8.17. The van der Waals surface area contributed by atoms with E-state index >= 15 is 0 Å². The second-order valence-corrected chi connectivity index (χ2v) is 8.02. The number of halogens is 1. The summed E-state index contributed by atoms with van der Waals surface area (Å²) in [7, 11) is 0. The quantitative estimate of drug-likeness (QED) is 0.426. The number of aromatic amines is 1. The molecule has 4 rings (SSSR count). The molecule has 1 aromatic carbocycles. The van der Waals surface area contributed by atoms with Gasteiger partial charge in [0.15, 0.2) is 0 Å². The van der Waals surface area contributed by atoms with E-state index in [1.807, 2.05) is 11.4 Å². The second-order valence-electron chi connectivity index (χ2n) is 6.32. The fraction of sp³-hybridized carbons (Fsp3) is 0.143. The van der Waals surface area contributed by atoms with E-state index in [1.165, 1.54) is 5.56 Å². The molecule has 0 aliphatic heterocycles. The first-order valence-corrected chi connectivity index (χ1v) is 10.4. The molecule has 4 nitrogen and oxygen atoms in total. The Morgan fingerprint density at radius 3 is 2.74 bits per heavy atom. The SMILES string of the molecule is O=c1ccc2cc(CNCCc3ccc(Br)cc3)c(-c3ccsc3)nc2[nH]1. The van der Waals surface area contributed by atoms with E-state index in [-0.39, 0.29) is 5.56 Å². The normalized spacial score (nSPS) is 11.1. The number of H-pyrrole nitrogens is 1. The van der Waals surface area contributed by atoms with E-state index < -0.39 is 0 Å². The van der Waals surface area contributed by atoms with Crippen molar-refractivity contribution in [1.29, 1.82) is 0 Å². The summed E-state index contributed by atoms with van der Waals surface area (Å²) in [6.45, 7) is 1.61. The van der Waals surface area contributed by atoms with Crippen LogP contribution in [0.25, 0.3) is 22.3 Å². The van der Waals surface area contributed by atoms with Gasteiger partial charge in [-0.1, -0.05) is 28.1 Å². The van der Waals surface area contributed by atoms with E-state index in [9.17, 15) is 4.79 Å². The van der Waals surface area contributed by atoms with Crippen LogP contribution in [0.5, 0.6) is 0 Å². The number of hydrogen-bond donors (Lipinski definition) is 2. The topological polar surface area (TPSA) is 57.8 Å². The molecule has 0 spiro atoms. The highest BCUT2D eigenvalue weighted by Gasteiger charge is 2.10. The minimum atomic E-state index is -0.133. The Balaban J connectivity index is 1.54. The van der Waals surface area contributed by atoms with Gasteiger partial charge in [-0.3, -0.25) is 4.79 Å². The minimum absolute atomic E-state index is 0.133. The predicted octanol–water partition coefficient (Wildman–Crippen LogP) is 4.75. The molecule has 3 heterocycles. The Morgan fingerprint density at radius 2 is 1.96 bits per heavy atom. The van der Waals surface area contributed by atoms with Crippen molar-refractivity contribution >= 4 is 38.3 Å². The average Bonchev–Trinajstić information content (AvgIpc) is 3.20. The highest BCUT2D eigenvalue weighted by molar-refractivity contribution is 9.10. The van der Waals surface area contributed by atoms with Gasteiger partial charge in [0.05, 0.1) is 5.69 Å². The lowest BCUT2D eigenvalue weighted by atomic mass is 10.1. The van der Waals surface area contributed by atoms with Crippen molar-refractivity contribution < 1.29 is 0 Å². The van der Waals surface area contributed by atoms with E-state index in [1.54, 1.807) is 17.4 Å². The molecule has 0 saturated carbocycles. The zero-order valence-corrected chi connectivity index (χ0v) is 16.9. The molecule has 3 aromatic heterocycles. The molecule has 0 atom stereocenters. The van der Waals surface area contributed by atoms with Gasteiger partial charge in [-0.05, 0) is 59.8 Å². The van der Waals surface area contributed by atoms with Crippen LogP contribution in [-0.4, -0.2) is 16.5 Å². The third-order valence-corrected chi connectivity index (χ3v) is 5.61. The van der Waals surface area contributed by atoms with Crippen LogP contribution in [0, 0.1) is 0 Å². The molecule has 0 aliphatic rings. The van der Waals surface area contributed by atoms with Gasteiger partial charge in [0, 0.05) is 33.4 Å². The molecule has 0 unspecified atom stereocenters. The number of benzene rings is 1. The molecule has 0 fully saturated rings. The molecule has 136 valence electrons. The number of thiophene rings is 1. The van der Waals surface area contributed by atoms with Crippen molar-refractivity contribution in [2.45, 2.75) is 13.0 Å². The highest BCUT2D eigenvalue weighted by atomic mass is 79.9. The van der Waals surface area contributed by atoms with Crippen LogP contribution in [0.15, 0.2) is 68.6 Å². The van der Waals surface area contributed by atoms with Crippen LogP contribution >= 0.6 is 27.3 Å². The van der Waals surface area contributed by atoms with Gasteiger partial charge < -0.3 is 10.3 Å². The zero-order valence-electron chi connectivity index (χ0n) is 14.5. The standard InChI is InChI=1S/C21H18BrN3OS/c22-18-4-1-14(2-5-18)7-9-23-12-17-11-15-3-6-19(26)24-21(15)25-20(17)16-8-10-27-13-16/h1-6,8,10-11,13,23H,7,9,12H2,(H,24,25,26). The maximum absolute atomic E-state index is 11.6. The maximum atomic E-state index is 11.6. The molecule has 0 bridgehead atoms. The molecule has 27 heavy (non-hydrogen) atoms. The molecular formula is C21H18BrN3OS. The van der Waals surface area contributed by atoms with Crippen molar-refractivity contribution in [2.75, 3.05) is 6.54 Å². The molecular weight excluding hydrogens is 422 g/mol. The Hall–Kier alpha value is -2.28. The van der Waals surface area contributed by atoms with E-state index in [4.69, 9.17) is 4.98 Å². The third kappa shape index (κ3) is 4.35. The summed E-state index contributed by atoms with van der Waals surface area (Å²) in [5, 5.41) is 8.59. The first kappa shape index (κ1) is 18.1. The summed E-state index contributed by atoms with van der Waals surface area (Å²) in [6.07, 6.45) is 0.968. The monoisotopic (exact) mass is 439 g/mol. The van der Waals surface area contributed by atoms with Crippen molar-refractivity contribution in [1.82, 2.24) is 15.3 Å². The smallest absolute Gasteiger partial charge is 0.249 e. The molecule has 6 heteroatoms. The lowest BCUT2D eigenvalue weighted by Gasteiger charge is -2.11. The number of nitrogens with one attached hydrogen (secondary N) is 2. The van der Waals surface area contributed by atoms with Gasteiger partial charge in [0.1, 0.15) is 5.65 Å². The Labute approximate surface area is 169 Å². The lowest BCUT2D eigenvalue weighted by molar-refractivity contribution is 0.687. The first-order chi connectivity index (χ1) is 13.2. The summed E-state index contributed by atoms with van der Waals surface area (Å²) in [5.74, 6) is 0. The van der Waals surface area contributed by atoms with Gasteiger partial charge in [-0.15, -0.1) is 0 Å². The summed E-state index contributed by atoms with van der Waals surface area (Å²) in [5.41, 5.74) is 4.92. The lowest BCUT2D eigenvalue weighted by Crippen LogP contribution is -2.17. The summed E-state index contributed by atoms with van der Waals surface area (Å²) in [6, 6.07) is 15.9. The predicted molar refractivity (Wildman–Crippen MR) is 115 cm³/mol. The summed E-state index contributed by atoms with van der Waals surface area (Å²) < 4.78 is 1.10. The highest BCUT2D eigenvalue weighted by Crippen LogP contribution is 2.26. The van der Waals surface area contributed by atoms with Crippen molar-refractivity contribution in [3.05, 3.63) is 85.2 Å². The van der Waals surface area contributed by atoms with Gasteiger partial charge in [0.2, 0.25) is 5.56 Å². The van der Waals surface area contributed by atoms with E-state index in [0.717, 1.165) is 46.2 Å². The fourth-order valence-electron chi connectivity index (χ4n) is 3.01. The number of aromatic nitrogens is 2. The van der Waals surface area contributed by atoms with Crippen LogP contribution in [-0.2, 0) is 13.0 Å². The average molecular weight is 440 g/mol. The van der Waals surface area contributed by atoms with Crippen LogP contribution in [0.2, 0.25) is 0 Å². The number of fused-ring (bicyclic) bond motifs is 1. The maximum Gasteiger partial charge on any atom is 0.249 e. The third-order valence-electron chi connectivity index (χ3n) is 4.40. The molecule has 0 radical (unpaired) electrons. The van der Waals surface area contributed by atoms with Gasteiger partial charge >= 0.3 is 0 Å². The molecule has 2 N–H and O–H groups in total. The summed E-state index contributed by atoms with van der Waals surface area (Å²) in [4.78, 5) is 19.2. The molecule has 4 aromatic rings. The van der Waals surface area contributed by atoms with Gasteiger partial charge in [-0.25, -0.2) is 4.98 Å². The largest absolute Gasteiger partial charge is 0.312 e. The number of nitrogens with zero attached hydrogens (tertiary/aromatic N) is 1. The number of hydrogen-bond acceptors (Lipinski definition) is 4. The zero-order chi connectivity index (χ0) is 18.6. The number of rotatable bonds is 6. The molecule has 0 aliphatic carbocycles. The van der Waals surface area contributed by atoms with Gasteiger partial charge in [0.25, 0.3) is 0 Å². The van der Waals surface area contributed by atoms with E-state index in [0.29, 0.717) is 5.65 Å². The van der Waals surface area contributed by atoms with Crippen molar-refractivity contribution in [2.24, 2.45) is 0 Å². The Kier molecular flexibility index (Phi) is 5.48. The van der Waals surface area contributed by atoms with Crippen LogP contribution in [0.3, 0.4) is 0 Å². The van der Waals surface area contributed by atoms with Crippen LogP contribution in [0.4, 0.5) is 0 Å². The minimum Gasteiger partial charge on any atom is -0.312 e. The molecule has 0 saturated heterocycles. The van der Waals surface area contributed by atoms with Crippen LogP contribution in [0.1, 0.15) is 11.1 Å². The molecule has 0 amide bonds. The fourth-order valence-corrected chi connectivity index (χ4v) is 3.92. The van der Waals surface area contributed by atoms with Crippen molar-refractivity contribution in [3.8, 4) is 11.3 Å². The van der Waals surface area contributed by atoms with Crippen LogP contribution < -0.4 is 10.9 Å². The number of pyridine rings is 2. The Morgan fingerprint density at radius 1 is 1.11 bits per heavy atom. The van der Waals surface area contributed by atoms with Gasteiger partial charge in [-0.2, -0.15) is 11.3 Å².